The van der Waals surface area contributed by atoms with Crippen LogP contribution in [0.2, 0.25) is 0 Å². The van der Waals surface area contributed by atoms with E-state index in [1.165, 1.54) is 0 Å². The zero-order chi connectivity index (χ0) is 8.43. The van der Waals surface area contributed by atoms with Crippen LogP contribution in [0.4, 0.5) is 0 Å². The lowest BCUT2D eigenvalue weighted by atomic mass is 10.3. The molecule has 1 aliphatic heterocycles. The third kappa shape index (κ3) is 2.10. The van der Waals surface area contributed by atoms with Crippen molar-refractivity contribution >= 4 is 17.7 Å². The number of nitrogens with zero attached hydrogens (tertiary/aromatic N) is 1. The van der Waals surface area contributed by atoms with Crippen LogP contribution in [0.15, 0.2) is 0 Å². The van der Waals surface area contributed by atoms with Crippen LogP contribution in [0, 0.1) is 0 Å². The van der Waals surface area contributed by atoms with Crippen LogP contribution >= 0.6 is 11.8 Å². The maximum Gasteiger partial charge on any atom is 0.252 e. The number of hydrogen-bond acceptors (Lipinski definition) is 3. The third-order valence-electron chi connectivity index (χ3n) is 1.55. The summed E-state index contributed by atoms with van der Waals surface area (Å²) in [5.41, 5.74) is 0.170. The normalized spacial score (nSPS) is 30.5. The van der Waals surface area contributed by atoms with E-state index < -0.39 is 0 Å². The van der Waals surface area contributed by atoms with Crippen LogP contribution in [0.3, 0.4) is 0 Å². The van der Waals surface area contributed by atoms with Crippen molar-refractivity contribution in [2.24, 2.45) is 0 Å². The Hall–Kier alpha value is -0.220. The molecule has 0 spiro atoms. The Morgan fingerprint density at radius 1 is 1.64 bits per heavy atom. The molecule has 0 aliphatic carbocycles. The minimum absolute atomic E-state index is 0.0712. The topological polar surface area (TPSA) is 29.5 Å². The van der Waals surface area contributed by atoms with Gasteiger partial charge in [0.2, 0.25) is 0 Å². The molecular formula is C7H13NO2S. The second-order valence-corrected chi connectivity index (χ2v) is 4.09. The Kier molecular flexibility index (Phi) is 2.78. The molecule has 0 radical (unpaired) electrons. The van der Waals surface area contributed by atoms with E-state index in [-0.39, 0.29) is 17.4 Å². The van der Waals surface area contributed by atoms with Gasteiger partial charge in [0, 0.05) is 19.8 Å². The standard InChI is InChI=1S/C7H13NO2S/c1-5-10-6(4-11-5)7(9)8(2)3/h5-6H,4H2,1-3H3/t5-,6-/m0/s1. The Balaban J connectivity index is 2.43. The third-order valence-corrected chi connectivity index (χ3v) is 2.63. The van der Waals surface area contributed by atoms with Crippen LogP contribution in [-0.4, -0.2) is 42.2 Å². The van der Waals surface area contributed by atoms with E-state index in [1.807, 2.05) is 6.92 Å². The lowest BCUT2D eigenvalue weighted by Gasteiger charge is -2.14. The average Bonchev–Trinajstić information content (AvgIpc) is 2.34. The fourth-order valence-corrected chi connectivity index (χ4v) is 1.83. The molecule has 64 valence electrons. The number of carbonyl (C=O) groups is 1. The van der Waals surface area contributed by atoms with Gasteiger partial charge in [0.25, 0.3) is 5.91 Å². The minimum Gasteiger partial charge on any atom is -0.354 e. The smallest absolute Gasteiger partial charge is 0.252 e. The van der Waals surface area contributed by atoms with Gasteiger partial charge in [0.05, 0.1) is 0 Å². The average molecular weight is 175 g/mol. The zero-order valence-electron chi connectivity index (χ0n) is 7.03. The van der Waals surface area contributed by atoms with Gasteiger partial charge in [-0.2, -0.15) is 0 Å². The Bertz CT molecular complexity index is 161. The molecule has 0 aromatic carbocycles. The first-order chi connectivity index (χ1) is 5.11. The van der Waals surface area contributed by atoms with Crippen molar-refractivity contribution in [1.29, 1.82) is 0 Å². The number of thioether (sulfide) groups is 1. The largest absolute Gasteiger partial charge is 0.354 e. The van der Waals surface area contributed by atoms with Gasteiger partial charge < -0.3 is 9.64 Å². The summed E-state index contributed by atoms with van der Waals surface area (Å²) < 4.78 is 5.36. The number of likely N-dealkylation sites (N-methyl/N-ethyl adjacent to an activating group) is 1. The van der Waals surface area contributed by atoms with Gasteiger partial charge in [-0.1, -0.05) is 0 Å². The van der Waals surface area contributed by atoms with Gasteiger partial charge >= 0.3 is 0 Å². The highest BCUT2D eigenvalue weighted by Gasteiger charge is 2.29. The number of amides is 1. The van der Waals surface area contributed by atoms with E-state index in [0.717, 1.165) is 5.75 Å². The summed E-state index contributed by atoms with van der Waals surface area (Å²) in [5.74, 6) is 0.861. The number of ether oxygens (including phenoxy) is 1. The molecule has 1 amide bonds. The molecule has 2 atom stereocenters. The fraction of sp³-hybridized carbons (Fsp3) is 0.857. The van der Waals surface area contributed by atoms with Crippen molar-refractivity contribution < 1.29 is 9.53 Å². The molecule has 4 heteroatoms. The molecule has 11 heavy (non-hydrogen) atoms. The van der Waals surface area contributed by atoms with E-state index in [0.29, 0.717) is 0 Å². The Labute approximate surface area is 71.1 Å². The molecule has 1 fully saturated rings. The van der Waals surface area contributed by atoms with Crippen LogP contribution < -0.4 is 0 Å². The molecule has 0 bridgehead atoms. The van der Waals surface area contributed by atoms with Crippen molar-refractivity contribution in [3.05, 3.63) is 0 Å². The van der Waals surface area contributed by atoms with Crippen molar-refractivity contribution in [1.82, 2.24) is 4.90 Å². The predicted octanol–water partition coefficient (Wildman–Crippen LogP) is 0.553. The van der Waals surface area contributed by atoms with Gasteiger partial charge in [-0.05, 0) is 6.92 Å². The number of hydrogen-bond donors (Lipinski definition) is 0. The second-order valence-electron chi connectivity index (χ2n) is 2.76. The molecule has 3 nitrogen and oxygen atoms in total. The molecule has 0 aromatic heterocycles. The maximum absolute atomic E-state index is 11.3. The molecule has 1 heterocycles. The molecule has 1 rings (SSSR count). The van der Waals surface area contributed by atoms with Crippen molar-refractivity contribution in [2.45, 2.75) is 18.5 Å². The van der Waals surface area contributed by atoms with Gasteiger partial charge in [-0.25, -0.2) is 0 Å². The van der Waals surface area contributed by atoms with Gasteiger partial charge in [0.1, 0.15) is 11.5 Å². The van der Waals surface area contributed by atoms with Crippen LogP contribution in [0.25, 0.3) is 0 Å². The van der Waals surface area contributed by atoms with Crippen molar-refractivity contribution in [3.63, 3.8) is 0 Å². The van der Waals surface area contributed by atoms with Crippen LogP contribution in [0.1, 0.15) is 6.92 Å². The summed E-state index contributed by atoms with van der Waals surface area (Å²) in [6.45, 7) is 1.97. The molecule has 0 aromatic rings. The first-order valence-corrected chi connectivity index (χ1v) is 4.64. The van der Waals surface area contributed by atoms with Gasteiger partial charge in [0.15, 0.2) is 0 Å². The summed E-state index contributed by atoms with van der Waals surface area (Å²) in [4.78, 5) is 12.9. The molecular weight excluding hydrogens is 162 g/mol. The fourth-order valence-electron chi connectivity index (χ4n) is 0.950. The first-order valence-electron chi connectivity index (χ1n) is 3.59. The van der Waals surface area contributed by atoms with Gasteiger partial charge in [-0.3, -0.25) is 4.79 Å². The predicted molar refractivity (Wildman–Crippen MR) is 45.5 cm³/mol. The molecule has 1 saturated heterocycles. The van der Waals surface area contributed by atoms with Crippen LogP contribution in [0.5, 0.6) is 0 Å². The number of rotatable bonds is 1. The van der Waals surface area contributed by atoms with E-state index in [1.54, 1.807) is 30.8 Å². The molecule has 0 N–H and O–H groups in total. The van der Waals surface area contributed by atoms with Crippen molar-refractivity contribution in [3.8, 4) is 0 Å². The summed E-state index contributed by atoms with van der Waals surface area (Å²) in [7, 11) is 3.50. The second kappa shape index (κ2) is 3.45. The summed E-state index contributed by atoms with van der Waals surface area (Å²) in [6, 6.07) is 0. The quantitative estimate of drug-likeness (QED) is 0.583. The lowest BCUT2D eigenvalue weighted by molar-refractivity contribution is -0.139. The monoisotopic (exact) mass is 175 g/mol. The van der Waals surface area contributed by atoms with Crippen LogP contribution in [-0.2, 0) is 9.53 Å². The number of carbonyl (C=O) groups excluding carboxylic acids is 1. The Morgan fingerprint density at radius 3 is 2.64 bits per heavy atom. The maximum atomic E-state index is 11.3. The first kappa shape index (κ1) is 8.87. The van der Waals surface area contributed by atoms with E-state index in [9.17, 15) is 4.79 Å². The van der Waals surface area contributed by atoms with Crippen molar-refractivity contribution in [2.75, 3.05) is 19.8 Å². The van der Waals surface area contributed by atoms with E-state index in [4.69, 9.17) is 4.74 Å². The summed E-state index contributed by atoms with van der Waals surface area (Å²) in [6.07, 6.45) is -0.218. The minimum atomic E-state index is -0.218. The van der Waals surface area contributed by atoms with Gasteiger partial charge in [-0.15, -0.1) is 11.8 Å². The highest BCUT2D eigenvalue weighted by Crippen LogP contribution is 2.24. The van der Waals surface area contributed by atoms with E-state index >= 15 is 0 Å². The lowest BCUT2D eigenvalue weighted by Crippen LogP contribution is -2.35. The summed E-state index contributed by atoms with van der Waals surface area (Å²) >= 11 is 1.68. The molecule has 0 saturated carbocycles. The highest BCUT2D eigenvalue weighted by atomic mass is 32.2. The zero-order valence-corrected chi connectivity index (χ0v) is 7.85. The van der Waals surface area contributed by atoms with E-state index in [2.05, 4.69) is 0 Å². The molecule has 1 aliphatic rings. The molecule has 0 unspecified atom stereocenters. The Morgan fingerprint density at radius 2 is 2.27 bits per heavy atom. The summed E-state index contributed by atoms with van der Waals surface area (Å²) in [5, 5.41) is 0. The highest BCUT2D eigenvalue weighted by molar-refractivity contribution is 8.00. The SMILES string of the molecule is C[C@H]1O[C@H](C(=O)N(C)C)CS1.